The van der Waals surface area contributed by atoms with Gasteiger partial charge in [0, 0.05) is 18.6 Å². The van der Waals surface area contributed by atoms with Gasteiger partial charge in [-0.25, -0.2) is 0 Å². The van der Waals surface area contributed by atoms with Crippen molar-refractivity contribution < 1.29 is 18.8 Å². The van der Waals surface area contributed by atoms with Crippen LogP contribution in [0.3, 0.4) is 0 Å². The monoisotopic (exact) mass is 368 g/mol. The molecule has 0 saturated carbocycles. The number of ether oxygens (including phenoxy) is 2. The molecule has 0 aliphatic carbocycles. The lowest BCUT2D eigenvalue weighted by molar-refractivity contribution is -0.357. The number of fused-ring (bicyclic) bond motifs is 3. The standard InChI is InChI=1S/C24H18NO3/c1-16(26)27-24-21-13-7-15-25(21)20-12-4-5-14-22(20)28-23(24)19-11-6-9-17-8-2-3-10-18(17)19/h2-12,14-15H,13H2,1H3/q+1. The summed E-state index contributed by atoms with van der Waals surface area (Å²) in [6.07, 6.45) is 4.71. The highest BCUT2D eigenvalue weighted by Gasteiger charge is 2.36. The third-order valence-electron chi connectivity index (χ3n) is 4.94. The quantitative estimate of drug-likeness (QED) is 0.463. The predicted octanol–water partition coefficient (Wildman–Crippen LogP) is 5.17. The molecule has 2 aliphatic heterocycles. The van der Waals surface area contributed by atoms with Crippen molar-refractivity contribution in [3.63, 3.8) is 0 Å². The molecule has 0 N–H and O–H groups in total. The van der Waals surface area contributed by atoms with Crippen LogP contribution in [-0.4, -0.2) is 16.3 Å². The number of hydrogen-bond donors (Lipinski definition) is 0. The molecule has 28 heavy (non-hydrogen) atoms. The van der Waals surface area contributed by atoms with Gasteiger partial charge in [-0.3, -0.25) is 4.79 Å². The third kappa shape index (κ3) is 2.62. The Morgan fingerprint density at radius 2 is 1.79 bits per heavy atom. The largest absolute Gasteiger partial charge is 0.445 e. The van der Waals surface area contributed by atoms with Crippen molar-refractivity contribution in [1.29, 1.82) is 0 Å². The first-order chi connectivity index (χ1) is 13.7. The molecule has 2 heterocycles. The van der Waals surface area contributed by atoms with Crippen LogP contribution in [0.5, 0.6) is 5.75 Å². The van der Waals surface area contributed by atoms with Gasteiger partial charge in [0.2, 0.25) is 11.5 Å². The fourth-order valence-corrected chi connectivity index (χ4v) is 3.77. The van der Waals surface area contributed by atoms with Crippen LogP contribution in [0.25, 0.3) is 16.5 Å². The average molecular weight is 368 g/mol. The highest BCUT2D eigenvalue weighted by molar-refractivity contribution is 6.07. The molecular weight excluding hydrogens is 350 g/mol. The van der Waals surface area contributed by atoms with Gasteiger partial charge in [0.25, 0.3) is 5.69 Å². The van der Waals surface area contributed by atoms with E-state index in [1.165, 1.54) is 6.92 Å². The summed E-state index contributed by atoms with van der Waals surface area (Å²) in [5.74, 6) is 1.36. The lowest BCUT2D eigenvalue weighted by Crippen LogP contribution is -2.16. The fourth-order valence-electron chi connectivity index (χ4n) is 3.77. The predicted molar refractivity (Wildman–Crippen MR) is 108 cm³/mol. The zero-order valence-corrected chi connectivity index (χ0v) is 15.4. The molecule has 5 rings (SSSR count). The number of nitrogens with zero attached hydrogens (tertiary/aromatic N) is 1. The van der Waals surface area contributed by atoms with Gasteiger partial charge in [0.05, 0.1) is 6.42 Å². The highest BCUT2D eigenvalue weighted by Crippen LogP contribution is 2.39. The number of rotatable bonds is 2. The number of para-hydroxylation sites is 2. The molecule has 0 bridgehead atoms. The molecule has 4 heteroatoms. The maximum absolute atomic E-state index is 12.0. The Labute approximate surface area is 162 Å². The lowest BCUT2D eigenvalue weighted by Gasteiger charge is -2.14. The van der Waals surface area contributed by atoms with Gasteiger partial charge in [0.15, 0.2) is 17.7 Å². The van der Waals surface area contributed by atoms with Crippen LogP contribution in [-0.2, 0) is 9.53 Å². The van der Waals surface area contributed by atoms with Crippen LogP contribution in [0.15, 0.2) is 84.8 Å². The molecule has 0 spiro atoms. The Morgan fingerprint density at radius 3 is 2.68 bits per heavy atom. The molecule has 0 fully saturated rings. The molecule has 0 saturated heterocycles. The van der Waals surface area contributed by atoms with Crippen LogP contribution in [0, 0.1) is 0 Å². The SMILES string of the molecule is CC(=O)OC1=C(c2cccc3ccccc23)Oc2ccccc2[N+]2=C1CC=C2. The Balaban J connectivity index is 1.84. The smallest absolute Gasteiger partial charge is 0.308 e. The number of allylic oxidation sites excluding steroid dienone is 2. The van der Waals surface area contributed by atoms with E-state index in [0.29, 0.717) is 17.9 Å². The second kappa shape index (κ2) is 6.50. The Morgan fingerprint density at radius 1 is 1.00 bits per heavy atom. The summed E-state index contributed by atoms with van der Waals surface area (Å²) in [6, 6.07) is 22.0. The van der Waals surface area contributed by atoms with E-state index in [2.05, 4.69) is 24.3 Å². The molecule has 0 atom stereocenters. The molecule has 0 amide bonds. The van der Waals surface area contributed by atoms with E-state index in [0.717, 1.165) is 33.5 Å². The van der Waals surface area contributed by atoms with E-state index in [4.69, 9.17) is 9.47 Å². The van der Waals surface area contributed by atoms with E-state index < -0.39 is 0 Å². The number of esters is 1. The molecule has 3 aromatic rings. The molecule has 0 radical (unpaired) electrons. The van der Waals surface area contributed by atoms with E-state index in [9.17, 15) is 4.79 Å². The van der Waals surface area contributed by atoms with Crippen LogP contribution in [0.4, 0.5) is 5.69 Å². The summed E-state index contributed by atoms with van der Waals surface area (Å²) in [6.45, 7) is 1.42. The Hall–Kier alpha value is -3.66. The minimum absolute atomic E-state index is 0.373. The van der Waals surface area contributed by atoms with E-state index in [1.54, 1.807) is 0 Å². The molecular formula is C24H18NO3+. The maximum Gasteiger partial charge on any atom is 0.308 e. The van der Waals surface area contributed by atoms with Gasteiger partial charge in [-0.2, -0.15) is 4.58 Å². The summed E-state index contributed by atoms with van der Waals surface area (Å²) in [5, 5.41) is 2.14. The zero-order chi connectivity index (χ0) is 19.1. The topological polar surface area (TPSA) is 38.5 Å². The minimum Gasteiger partial charge on any atom is -0.445 e. The third-order valence-corrected chi connectivity index (χ3v) is 4.94. The zero-order valence-electron chi connectivity index (χ0n) is 15.4. The Kier molecular flexibility index (Phi) is 3.83. The van der Waals surface area contributed by atoms with Crippen molar-refractivity contribution in [1.82, 2.24) is 0 Å². The lowest BCUT2D eigenvalue weighted by atomic mass is 10.0. The van der Waals surface area contributed by atoms with Gasteiger partial charge >= 0.3 is 5.97 Å². The summed E-state index contributed by atoms with van der Waals surface area (Å²) >= 11 is 0. The maximum atomic E-state index is 12.0. The van der Waals surface area contributed by atoms with E-state index >= 15 is 0 Å². The number of hydrogen-bond acceptors (Lipinski definition) is 3. The fraction of sp³-hybridized carbons (Fsp3) is 0.0833. The number of carbonyl (C=O) groups is 1. The normalized spacial score (nSPS) is 15.2. The van der Waals surface area contributed by atoms with Gasteiger partial charge < -0.3 is 9.47 Å². The van der Waals surface area contributed by atoms with Crippen molar-refractivity contribution in [2.24, 2.45) is 0 Å². The van der Waals surface area contributed by atoms with Crippen molar-refractivity contribution in [3.8, 4) is 5.75 Å². The average Bonchev–Trinajstić information content (AvgIpc) is 3.15. The summed E-state index contributed by atoms with van der Waals surface area (Å²) in [4.78, 5) is 12.0. The van der Waals surface area contributed by atoms with Crippen LogP contribution < -0.4 is 4.74 Å². The van der Waals surface area contributed by atoms with Crippen molar-refractivity contribution in [3.05, 3.63) is 90.3 Å². The molecule has 0 unspecified atom stereocenters. The number of carbonyl (C=O) groups excluding carboxylic acids is 1. The van der Waals surface area contributed by atoms with Crippen LogP contribution in [0.2, 0.25) is 0 Å². The summed E-state index contributed by atoms with van der Waals surface area (Å²) < 4.78 is 14.2. The molecule has 136 valence electrons. The highest BCUT2D eigenvalue weighted by atomic mass is 16.6. The minimum atomic E-state index is -0.373. The molecule has 4 nitrogen and oxygen atoms in total. The first kappa shape index (κ1) is 16.5. The number of benzene rings is 3. The van der Waals surface area contributed by atoms with Crippen LogP contribution >= 0.6 is 0 Å². The molecule has 3 aromatic carbocycles. The second-order valence-electron chi connectivity index (χ2n) is 6.75. The van der Waals surface area contributed by atoms with Gasteiger partial charge in [-0.05, 0) is 22.9 Å². The van der Waals surface area contributed by atoms with Crippen molar-refractivity contribution in [2.75, 3.05) is 0 Å². The second-order valence-corrected chi connectivity index (χ2v) is 6.75. The van der Waals surface area contributed by atoms with Crippen molar-refractivity contribution >= 4 is 33.9 Å². The van der Waals surface area contributed by atoms with Crippen LogP contribution in [0.1, 0.15) is 18.9 Å². The van der Waals surface area contributed by atoms with Gasteiger partial charge in [0.1, 0.15) is 0 Å². The van der Waals surface area contributed by atoms with Gasteiger partial charge in [-0.15, -0.1) is 0 Å². The first-order valence-electron chi connectivity index (χ1n) is 9.22. The summed E-state index contributed by atoms with van der Waals surface area (Å²) in [7, 11) is 0. The molecule has 2 aliphatic rings. The van der Waals surface area contributed by atoms with Gasteiger partial charge in [-0.1, -0.05) is 54.6 Å². The van der Waals surface area contributed by atoms with E-state index in [-0.39, 0.29) is 5.97 Å². The molecule has 0 aromatic heterocycles. The van der Waals surface area contributed by atoms with Crippen molar-refractivity contribution in [2.45, 2.75) is 13.3 Å². The Bertz CT molecular complexity index is 1210. The summed E-state index contributed by atoms with van der Waals surface area (Å²) in [5.41, 5.74) is 2.71. The van der Waals surface area contributed by atoms with E-state index in [1.807, 2.05) is 59.3 Å². The first-order valence-corrected chi connectivity index (χ1v) is 9.22.